The number of carboxylic acids is 1. The lowest BCUT2D eigenvalue weighted by molar-refractivity contribution is -0.138. The van der Waals surface area contributed by atoms with E-state index < -0.39 is 11.9 Å². The zero-order chi connectivity index (χ0) is 17.1. The number of carboxylic acid groups (broad SMARTS) is 1. The molecule has 0 aliphatic carbocycles. The molecule has 4 heteroatoms. The number of aryl methyl sites for hydroxylation is 3. The largest absolute Gasteiger partial charge is 0.495 e. The van der Waals surface area contributed by atoms with Gasteiger partial charge < -0.3 is 9.84 Å². The number of ether oxygens (including phenoxy) is 1. The number of methoxy groups -OCH3 is 1. The van der Waals surface area contributed by atoms with E-state index in [4.69, 9.17) is 16.3 Å². The highest BCUT2D eigenvalue weighted by molar-refractivity contribution is 6.32. The molecular formula is C19H21ClO3. The predicted molar refractivity (Wildman–Crippen MR) is 92.7 cm³/mol. The van der Waals surface area contributed by atoms with Gasteiger partial charge >= 0.3 is 5.97 Å². The van der Waals surface area contributed by atoms with Crippen LogP contribution in [-0.4, -0.2) is 18.2 Å². The van der Waals surface area contributed by atoms with Crippen molar-refractivity contribution >= 4 is 17.6 Å². The molecule has 1 unspecified atom stereocenters. The van der Waals surface area contributed by atoms with Crippen molar-refractivity contribution in [2.24, 2.45) is 0 Å². The molecule has 3 nitrogen and oxygen atoms in total. The highest BCUT2D eigenvalue weighted by Crippen LogP contribution is 2.31. The Morgan fingerprint density at radius 2 is 1.78 bits per heavy atom. The zero-order valence-electron chi connectivity index (χ0n) is 13.8. The van der Waals surface area contributed by atoms with Gasteiger partial charge in [-0.2, -0.15) is 0 Å². The van der Waals surface area contributed by atoms with Crippen LogP contribution in [0.25, 0.3) is 0 Å². The standard InChI is InChI=1S/C19H21ClO3/c1-11-7-12(2)15(13(3)8-11)10-16(19(21)22)14-5-6-18(23-4)17(20)9-14/h5-9,16H,10H2,1-4H3,(H,21,22). The second kappa shape index (κ2) is 7.05. The van der Waals surface area contributed by atoms with Crippen LogP contribution in [0.4, 0.5) is 0 Å². The average Bonchev–Trinajstić information content (AvgIpc) is 2.46. The van der Waals surface area contributed by atoms with E-state index in [1.54, 1.807) is 18.2 Å². The fourth-order valence-corrected chi connectivity index (χ4v) is 3.25. The number of aliphatic carboxylic acids is 1. The third kappa shape index (κ3) is 3.85. The summed E-state index contributed by atoms with van der Waals surface area (Å²) in [7, 11) is 1.54. The summed E-state index contributed by atoms with van der Waals surface area (Å²) in [5.41, 5.74) is 5.18. The van der Waals surface area contributed by atoms with Crippen LogP contribution in [0.2, 0.25) is 5.02 Å². The molecule has 0 aliphatic heterocycles. The summed E-state index contributed by atoms with van der Waals surface area (Å²) in [6.07, 6.45) is 0.440. The van der Waals surface area contributed by atoms with Crippen LogP contribution in [0, 0.1) is 20.8 Å². The Bertz CT molecular complexity index is 714. The minimum Gasteiger partial charge on any atom is -0.495 e. The Labute approximate surface area is 141 Å². The number of rotatable bonds is 5. The van der Waals surface area contributed by atoms with Crippen LogP contribution < -0.4 is 4.74 Å². The first-order valence-electron chi connectivity index (χ1n) is 7.46. The summed E-state index contributed by atoms with van der Waals surface area (Å²) >= 11 is 6.15. The molecular weight excluding hydrogens is 312 g/mol. The van der Waals surface area contributed by atoms with Crippen LogP contribution in [0.3, 0.4) is 0 Å². The average molecular weight is 333 g/mol. The van der Waals surface area contributed by atoms with Gasteiger partial charge in [0.1, 0.15) is 5.75 Å². The van der Waals surface area contributed by atoms with Crippen molar-refractivity contribution < 1.29 is 14.6 Å². The monoisotopic (exact) mass is 332 g/mol. The fraction of sp³-hybridized carbons (Fsp3) is 0.316. The Morgan fingerprint density at radius 1 is 1.17 bits per heavy atom. The van der Waals surface area contributed by atoms with Crippen molar-refractivity contribution in [2.45, 2.75) is 33.1 Å². The van der Waals surface area contributed by atoms with Crippen molar-refractivity contribution in [3.05, 3.63) is 63.2 Å². The topological polar surface area (TPSA) is 46.5 Å². The third-order valence-electron chi connectivity index (χ3n) is 4.12. The predicted octanol–water partition coefficient (Wildman–Crippen LogP) is 4.68. The highest BCUT2D eigenvalue weighted by atomic mass is 35.5. The van der Waals surface area contributed by atoms with Crippen LogP contribution in [-0.2, 0) is 11.2 Å². The van der Waals surface area contributed by atoms with E-state index in [-0.39, 0.29) is 0 Å². The van der Waals surface area contributed by atoms with E-state index in [9.17, 15) is 9.90 Å². The summed E-state index contributed by atoms with van der Waals surface area (Å²) in [6.45, 7) is 6.09. The lowest BCUT2D eigenvalue weighted by Crippen LogP contribution is -2.16. The Balaban J connectivity index is 2.41. The summed E-state index contributed by atoms with van der Waals surface area (Å²) in [5.74, 6) is -0.952. The SMILES string of the molecule is COc1ccc(C(Cc2c(C)cc(C)cc2C)C(=O)O)cc1Cl. The van der Waals surface area contributed by atoms with Crippen molar-refractivity contribution in [1.82, 2.24) is 0 Å². The lowest BCUT2D eigenvalue weighted by atomic mass is 9.87. The van der Waals surface area contributed by atoms with Gasteiger partial charge in [-0.25, -0.2) is 0 Å². The molecule has 0 radical (unpaired) electrons. The third-order valence-corrected chi connectivity index (χ3v) is 4.42. The second-order valence-electron chi connectivity index (χ2n) is 5.87. The fourth-order valence-electron chi connectivity index (χ4n) is 2.98. The molecule has 0 bridgehead atoms. The molecule has 0 amide bonds. The van der Waals surface area contributed by atoms with Crippen LogP contribution >= 0.6 is 11.6 Å². The molecule has 2 aromatic rings. The van der Waals surface area contributed by atoms with E-state index in [1.807, 2.05) is 20.8 Å². The first-order valence-corrected chi connectivity index (χ1v) is 7.84. The molecule has 2 rings (SSSR count). The van der Waals surface area contributed by atoms with Gasteiger partial charge in [-0.1, -0.05) is 35.4 Å². The van der Waals surface area contributed by atoms with Gasteiger partial charge in [-0.3, -0.25) is 4.79 Å². The summed E-state index contributed by atoms with van der Waals surface area (Å²) in [4.78, 5) is 11.8. The molecule has 1 atom stereocenters. The summed E-state index contributed by atoms with van der Waals surface area (Å²) in [6, 6.07) is 9.33. The van der Waals surface area contributed by atoms with E-state index >= 15 is 0 Å². The van der Waals surface area contributed by atoms with Crippen LogP contribution in [0.5, 0.6) is 5.75 Å². The van der Waals surface area contributed by atoms with Gasteiger partial charge in [-0.05, 0) is 61.6 Å². The first-order chi connectivity index (χ1) is 10.8. The molecule has 0 saturated heterocycles. The quantitative estimate of drug-likeness (QED) is 0.864. The normalized spacial score (nSPS) is 12.0. The number of benzene rings is 2. The van der Waals surface area contributed by atoms with Gasteiger partial charge in [-0.15, -0.1) is 0 Å². The molecule has 0 aliphatic rings. The van der Waals surface area contributed by atoms with E-state index in [0.29, 0.717) is 22.8 Å². The Kier molecular flexibility index (Phi) is 5.32. The summed E-state index contributed by atoms with van der Waals surface area (Å²) < 4.78 is 5.13. The van der Waals surface area contributed by atoms with Crippen molar-refractivity contribution in [1.29, 1.82) is 0 Å². The lowest BCUT2D eigenvalue weighted by Gasteiger charge is -2.18. The molecule has 0 fully saturated rings. The van der Waals surface area contributed by atoms with E-state index in [0.717, 1.165) is 16.7 Å². The first kappa shape index (κ1) is 17.4. The van der Waals surface area contributed by atoms with Crippen molar-refractivity contribution in [3.8, 4) is 5.75 Å². The van der Waals surface area contributed by atoms with Gasteiger partial charge in [0.25, 0.3) is 0 Å². The summed E-state index contributed by atoms with van der Waals surface area (Å²) in [5, 5.41) is 10.1. The number of hydrogen-bond donors (Lipinski definition) is 1. The molecule has 0 heterocycles. The molecule has 23 heavy (non-hydrogen) atoms. The Hall–Kier alpha value is -2.00. The van der Waals surface area contributed by atoms with Crippen LogP contribution in [0.1, 0.15) is 33.7 Å². The molecule has 1 N–H and O–H groups in total. The molecule has 0 saturated carbocycles. The van der Waals surface area contributed by atoms with Gasteiger partial charge in [0.2, 0.25) is 0 Å². The minimum atomic E-state index is -0.856. The minimum absolute atomic E-state index is 0.425. The van der Waals surface area contributed by atoms with Crippen molar-refractivity contribution in [3.63, 3.8) is 0 Å². The second-order valence-corrected chi connectivity index (χ2v) is 6.27. The number of hydrogen-bond acceptors (Lipinski definition) is 2. The van der Waals surface area contributed by atoms with Crippen molar-refractivity contribution in [2.75, 3.05) is 7.11 Å². The molecule has 0 aromatic heterocycles. The van der Waals surface area contributed by atoms with E-state index in [2.05, 4.69) is 12.1 Å². The maximum Gasteiger partial charge on any atom is 0.311 e. The maximum atomic E-state index is 11.8. The molecule has 2 aromatic carbocycles. The van der Waals surface area contributed by atoms with Gasteiger partial charge in [0.15, 0.2) is 0 Å². The van der Waals surface area contributed by atoms with E-state index in [1.165, 1.54) is 12.7 Å². The van der Waals surface area contributed by atoms with Gasteiger partial charge in [0.05, 0.1) is 18.1 Å². The Morgan fingerprint density at radius 3 is 2.26 bits per heavy atom. The van der Waals surface area contributed by atoms with Crippen LogP contribution in [0.15, 0.2) is 30.3 Å². The molecule has 122 valence electrons. The van der Waals surface area contributed by atoms with Gasteiger partial charge in [0, 0.05) is 0 Å². The zero-order valence-corrected chi connectivity index (χ0v) is 14.6. The highest BCUT2D eigenvalue weighted by Gasteiger charge is 2.23. The maximum absolute atomic E-state index is 11.8. The molecule has 0 spiro atoms. The smallest absolute Gasteiger partial charge is 0.311 e. The number of halogens is 1. The number of carbonyl (C=O) groups is 1.